The molecule has 0 bridgehead atoms. The van der Waals surface area contributed by atoms with Gasteiger partial charge in [-0.25, -0.2) is 0 Å². The fourth-order valence-corrected chi connectivity index (χ4v) is 2.02. The van der Waals surface area contributed by atoms with Gasteiger partial charge in [-0.15, -0.1) is 10.2 Å². The molecule has 0 aliphatic carbocycles. The van der Waals surface area contributed by atoms with Gasteiger partial charge in [0, 0.05) is 0 Å². The molecule has 0 atom stereocenters. The summed E-state index contributed by atoms with van der Waals surface area (Å²) in [7, 11) is 0. The topological polar surface area (TPSA) is 107 Å². The number of aliphatic carboxylic acids is 1. The van der Waals surface area contributed by atoms with E-state index in [0.29, 0.717) is 29.2 Å². The highest BCUT2D eigenvalue weighted by molar-refractivity contribution is 7.99. The van der Waals surface area contributed by atoms with Crippen molar-refractivity contribution < 1.29 is 14.4 Å². The van der Waals surface area contributed by atoms with Crippen molar-refractivity contribution in [1.29, 1.82) is 0 Å². The highest BCUT2D eigenvalue weighted by Crippen LogP contribution is 2.17. The van der Waals surface area contributed by atoms with E-state index in [1.54, 1.807) is 18.4 Å². The van der Waals surface area contributed by atoms with Crippen molar-refractivity contribution in [3.05, 3.63) is 17.5 Å². The molecule has 18 heavy (non-hydrogen) atoms. The third kappa shape index (κ3) is 2.86. The van der Waals surface area contributed by atoms with E-state index in [1.165, 1.54) is 0 Å². The second-order valence-corrected chi connectivity index (χ2v) is 4.48. The van der Waals surface area contributed by atoms with Gasteiger partial charge in [-0.2, -0.15) is 4.98 Å². The molecule has 2 rings (SSSR count). The van der Waals surface area contributed by atoms with Crippen molar-refractivity contribution in [2.45, 2.75) is 25.5 Å². The Morgan fingerprint density at radius 3 is 2.83 bits per heavy atom. The molecule has 0 unspecified atom stereocenters. The maximum atomic E-state index is 10.5. The van der Waals surface area contributed by atoms with Crippen molar-refractivity contribution in [2.75, 3.05) is 5.75 Å². The van der Waals surface area contributed by atoms with Crippen LogP contribution in [0.3, 0.4) is 0 Å². The first-order chi connectivity index (χ1) is 8.56. The average Bonchev–Trinajstić information content (AvgIpc) is 2.85. The van der Waals surface area contributed by atoms with Gasteiger partial charge in [0.15, 0.2) is 11.0 Å². The molecule has 0 saturated carbocycles. The maximum absolute atomic E-state index is 10.5. The van der Waals surface area contributed by atoms with Crippen LogP contribution in [-0.4, -0.2) is 41.7 Å². The molecular formula is C9H11N5O3S. The number of rotatable bonds is 5. The molecule has 2 aromatic rings. The van der Waals surface area contributed by atoms with Gasteiger partial charge in [-0.3, -0.25) is 9.36 Å². The van der Waals surface area contributed by atoms with E-state index in [0.717, 1.165) is 11.8 Å². The fourth-order valence-electron chi connectivity index (χ4n) is 1.32. The van der Waals surface area contributed by atoms with Gasteiger partial charge in [-0.1, -0.05) is 16.9 Å². The minimum atomic E-state index is -0.902. The smallest absolute Gasteiger partial charge is 0.313 e. The molecule has 0 aliphatic rings. The van der Waals surface area contributed by atoms with Crippen LogP contribution >= 0.6 is 11.8 Å². The minimum Gasteiger partial charge on any atom is -0.481 e. The number of carbonyl (C=O) groups is 1. The van der Waals surface area contributed by atoms with Gasteiger partial charge >= 0.3 is 5.97 Å². The predicted octanol–water partition coefficient (Wildman–Crippen LogP) is 0.503. The summed E-state index contributed by atoms with van der Waals surface area (Å²) in [4.78, 5) is 14.6. The van der Waals surface area contributed by atoms with Crippen LogP contribution in [0.4, 0.5) is 0 Å². The summed E-state index contributed by atoms with van der Waals surface area (Å²) in [6, 6.07) is 0. The zero-order valence-electron chi connectivity index (χ0n) is 9.82. The highest BCUT2D eigenvalue weighted by Gasteiger charge is 2.14. The number of nitrogens with zero attached hydrogens (tertiary/aromatic N) is 5. The second-order valence-electron chi connectivity index (χ2n) is 3.53. The van der Waals surface area contributed by atoms with Crippen LogP contribution in [0.1, 0.15) is 17.5 Å². The van der Waals surface area contributed by atoms with Crippen LogP contribution in [0.2, 0.25) is 0 Å². The van der Waals surface area contributed by atoms with E-state index >= 15 is 0 Å². The zero-order valence-corrected chi connectivity index (χ0v) is 10.6. The van der Waals surface area contributed by atoms with Crippen LogP contribution in [0, 0.1) is 13.8 Å². The molecule has 0 aliphatic heterocycles. The molecule has 9 heteroatoms. The lowest BCUT2D eigenvalue weighted by atomic mass is 10.5. The Balaban J connectivity index is 2.16. The molecule has 0 spiro atoms. The van der Waals surface area contributed by atoms with Crippen molar-refractivity contribution in [3.63, 3.8) is 0 Å². The van der Waals surface area contributed by atoms with Crippen LogP contribution in [-0.2, 0) is 11.3 Å². The SMILES string of the molecule is Cc1noc(Cn2c(C)nnc2SCC(=O)O)n1. The van der Waals surface area contributed by atoms with Crippen LogP contribution in [0.5, 0.6) is 0 Å². The Hall–Kier alpha value is -1.90. The summed E-state index contributed by atoms with van der Waals surface area (Å²) in [5, 5.41) is 20.7. The average molecular weight is 269 g/mol. The Labute approximate surface area is 106 Å². The fraction of sp³-hybridized carbons (Fsp3) is 0.444. The van der Waals surface area contributed by atoms with Crippen LogP contribution in [0.25, 0.3) is 0 Å². The minimum absolute atomic E-state index is 0.0685. The predicted molar refractivity (Wildman–Crippen MR) is 61.3 cm³/mol. The van der Waals surface area contributed by atoms with Gasteiger partial charge in [-0.05, 0) is 13.8 Å². The first-order valence-corrected chi connectivity index (χ1v) is 6.08. The van der Waals surface area contributed by atoms with Crippen LogP contribution in [0.15, 0.2) is 9.68 Å². The lowest BCUT2D eigenvalue weighted by molar-refractivity contribution is -0.133. The summed E-state index contributed by atoms with van der Waals surface area (Å²) >= 11 is 1.10. The summed E-state index contributed by atoms with van der Waals surface area (Å²) in [6.07, 6.45) is 0. The number of carboxylic acid groups (broad SMARTS) is 1. The molecule has 0 fully saturated rings. The monoisotopic (exact) mass is 269 g/mol. The van der Waals surface area contributed by atoms with E-state index in [-0.39, 0.29) is 5.75 Å². The number of hydrogen-bond donors (Lipinski definition) is 1. The molecule has 2 aromatic heterocycles. The highest BCUT2D eigenvalue weighted by atomic mass is 32.2. The van der Waals surface area contributed by atoms with E-state index in [1.807, 2.05) is 0 Å². The normalized spacial score (nSPS) is 10.8. The Morgan fingerprint density at radius 1 is 1.44 bits per heavy atom. The van der Waals surface area contributed by atoms with E-state index in [2.05, 4.69) is 20.3 Å². The van der Waals surface area contributed by atoms with Gasteiger partial charge in [0.25, 0.3) is 0 Å². The second kappa shape index (κ2) is 5.17. The summed E-state index contributed by atoms with van der Waals surface area (Å²) < 4.78 is 6.75. The molecule has 0 saturated heterocycles. The lowest BCUT2D eigenvalue weighted by Gasteiger charge is -2.03. The van der Waals surface area contributed by atoms with Gasteiger partial charge in [0.1, 0.15) is 12.4 Å². The number of aromatic nitrogens is 5. The Kier molecular flexibility index (Phi) is 3.60. The Morgan fingerprint density at radius 2 is 2.22 bits per heavy atom. The standard InChI is InChI=1S/C9H11N5O3S/c1-5-10-7(17-13-5)3-14-6(2)11-12-9(14)18-4-8(15)16/h3-4H2,1-2H3,(H,15,16). The van der Waals surface area contributed by atoms with Crippen molar-refractivity contribution in [1.82, 2.24) is 24.9 Å². The maximum Gasteiger partial charge on any atom is 0.313 e. The van der Waals surface area contributed by atoms with Gasteiger partial charge in [0.2, 0.25) is 5.89 Å². The molecule has 8 nitrogen and oxygen atoms in total. The first kappa shape index (κ1) is 12.6. The van der Waals surface area contributed by atoms with E-state index in [4.69, 9.17) is 9.63 Å². The molecule has 2 heterocycles. The lowest BCUT2D eigenvalue weighted by Crippen LogP contribution is -2.06. The van der Waals surface area contributed by atoms with Gasteiger partial charge < -0.3 is 9.63 Å². The van der Waals surface area contributed by atoms with Crippen molar-refractivity contribution in [3.8, 4) is 0 Å². The van der Waals surface area contributed by atoms with Crippen molar-refractivity contribution in [2.24, 2.45) is 0 Å². The Bertz CT molecular complexity index is 564. The molecule has 0 amide bonds. The molecule has 0 aromatic carbocycles. The zero-order chi connectivity index (χ0) is 13.1. The number of hydrogen-bond acceptors (Lipinski definition) is 7. The summed E-state index contributed by atoms with van der Waals surface area (Å²) in [5.74, 6) is 0.684. The number of thioether (sulfide) groups is 1. The molecule has 96 valence electrons. The van der Waals surface area contributed by atoms with E-state index < -0.39 is 5.97 Å². The molecule has 1 N–H and O–H groups in total. The molecule has 0 radical (unpaired) electrons. The first-order valence-electron chi connectivity index (χ1n) is 5.10. The largest absolute Gasteiger partial charge is 0.481 e. The van der Waals surface area contributed by atoms with Crippen LogP contribution < -0.4 is 0 Å². The quantitative estimate of drug-likeness (QED) is 0.782. The van der Waals surface area contributed by atoms with Crippen molar-refractivity contribution >= 4 is 17.7 Å². The number of aryl methyl sites for hydroxylation is 2. The third-order valence-corrected chi connectivity index (χ3v) is 3.04. The van der Waals surface area contributed by atoms with Gasteiger partial charge in [0.05, 0.1) is 5.75 Å². The summed E-state index contributed by atoms with van der Waals surface area (Å²) in [5.41, 5.74) is 0. The summed E-state index contributed by atoms with van der Waals surface area (Å²) in [6.45, 7) is 3.84. The third-order valence-electron chi connectivity index (χ3n) is 2.09. The van der Waals surface area contributed by atoms with E-state index in [9.17, 15) is 4.79 Å². The number of carboxylic acids is 1. The molecular weight excluding hydrogens is 258 g/mol.